The fraction of sp³-hybridized carbons (Fsp3) is 0.200. The van der Waals surface area contributed by atoms with Gasteiger partial charge in [-0.1, -0.05) is 0 Å². The minimum Gasteiger partial charge on any atom is -0.481 e. The van der Waals surface area contributed by atoms with Crippen LogP contribution in [-0.2, 0) is 0 Å². The second kappa shape index (κ2) is 4.39. The van der Waals surface area contributed by atoms with Crippen LogP contribution in [0.15, 0.2) is 45.0 Å². The fourth-order valence-corrected chi connectivity index (χ4v) is 3.59. The van der Waals surface area contributed by atoms with Crippen molar-refractivity contribution in [1.29, 1.82) is 0 Å². The standard InChI is InChI=1S/C10H10O4S2/c11-9(12)5-1-7(15-3-5)8-2-6(4-16-8)10(13)14/h1-2,11-14H,3-4H2. The molecule has 2 rings (SSSR count). The van der Waals surface area contributed by atoms with Crippen LogP contribution in [0.5, 0.6) is 0 Å². The van der Waals surface area contributed by atoms with Crippen molar-refractivity contribution >= 4 is 23.5 Å². The second-order valence-corrected chi connectivity index (χ2v) is 5.33. The predicted molar refractivity (Wildman–Crippen MR) is 65.6 cm³/mol. The van der Waals surface area contributed by atoms with E-state index in [2.05, 4.69) is 0 Å². The van der Waals surface area contributed by atoms with Crippen LogP contribution in [0.1, 0.15) is 0 Å². The Morgan fingerprint density at radius 1 is 0.812 bits per heavy atom. The van der Waals surface area contributed by atoms with Crippen molar-refractivity contribution in [2.75, 3.05) is 11.5 Å². The molecule has 0 saturated heterocycles. The Hall–Kier alpha value is -1.14. The minimum absolute atomic E-state index is 0.493. The SMILES string of the molecule is OC(O)=C1C=C(C2=CC(=C(O)O)CS2)SC1. The highest BCUT2D eigenvalue weighted by molar-refractivity contribution is 8.08. The molecule has 0 aliphatic carbocycles. The summed E-state index contributed by atoms with van der Waals surface area (Å²) in [6.07, 6.45) is 3.41. The third-order valence-corrected chi connectivity index (χ3v) is 4.53. The highest BCUT2D eigenvalue weighted by atomic mass is 32.2. The van der Waals surface area contributed by atoms with Crippen LogP contribution in [0.25, 0.3) is 0 Å². The maximum atomic E-state index is 8.91. The maximum Gasteiger partial charge on any atom is 0.278 e. The quantitative estimate of drug-likeness (QED) is 0.541. The van der Waals surface area contributed by atoms with E-state index in [1.807, 2.05) is 0 Å². The molecule has 0 fully saturated rings. The van der Waals surface area contributed by atoms with Crippen LogP contribution in [0, 0.1) is 0 Å². The summed E-state index contributed by atoms with van der Waals surface area (Å²) >= 11 is 3.00. The van der Waals surface area contributed by atoms with Gasteiger partial charge in [-0.25, -0.2) is 0 Å². The summed E-state index contributed by atoms with van der Waals surface area (Å²) in [5.41, 5.74) is 0.985. The summed E-state index contributed by atoms with van der Waals surface area (Å²) in [5.74, 6) is -0.238. The van der Waals surface area contributed by atoms with Crippen LogP contribution in [0.4, 0.5) is 0 Å². The van der Waals surface area contributed by atoms with E-state index in [9.17, 15) is 0 Å². The molecule has 86 valence electrons. The van der Waals surface area contributed by atoms with Crippen molar-refractivity contribution in [3.05, 3.63) is 45.0 Å². The van der Waals surface area contributed by atoms with Crippen molar-refractivity contribution in [1.82, 2.24) is 0 Å². The minimum atomic E-state index is -0.646. The zero-order valence-corrected chi connectivity index (χ0v) is 9.81. The number of rotatable bonds is 1. The lowest BCUT2D eigenvalue weighted by Crippen LogP contribution is -1.85. The topological polar surface area (TPSA) is 80.9 Å². The number of hydrogen-bond acceptors (Lipinski definition) is 6. The van der Waals surface area contributed by atoms with E-state index in [4.69, 9.17) is 20.4 Å². The van der Waals surface area contributed by atoms with Crippen LogP contribution in [-0.4, -0.2) is 31.9 Å². The Bertz CT molecular complexity index is 396. The first-order valence-electron chi connectivity index (χ1n) is 4.49. The summed E-state index contributed by atoms with van der Waals surface area (Å²) in [6.45, 7) is 0. The molecule has 0 atom stereocenters. The average Bonchev–Trinajstić information content (AvgIpc) is 2.86. The van der Waals surface area contributed by atoms with Gasteiger partial charge in [0.15, 0.2) is 0 Å². The summed E-state index contributed by atoms with van der Waals surface area (Å²) in [7, 11) is 0. The van der Waals surface area contributed by atoms with E-state index < -0.39 is 11.9 Å². The smallest absolute Gasteiger partial charge is 0.278 e. The predicted octanol–water partition coefficient (Wildman–Crippen LogP) is 2.90. The lowest BCUT2D eigenvalue weighted by Gasteiger charge is -1.97. The van der Waals surface area contributed by atoms with Gasteiger partial charge in [0.05, 0.1) is 0 Å². The van der Waals surface area contributed by atoms with Crippen molar-refractivity contribution in [2.45, 2.75) is 0 Å². The van der Waals surface area contributed by atoms with Crippen LogP contribution in [0.2, 0.25) is 0 Å². The molecule has 0 amide bonds. The average molecular weight is 258 g/mol. The molecule has 0 spiro atoms. The van der Waals surface area contributed by atoms with E-state index in [0.717, 1.165) is 9.81 Å². The fourth-order valence-electron chi connectivity index (χ4n) is 1.34. The lowest BCUT2D eigenvalue weighted by molar-refractivity contribution is 0.186. The van der Waals surface area contributed by atoms with Gasteiger partial charge in [0, 0.05) is 32.5 Å². The van der Waals surface area contributed by atoms with E-state index in [1.165, 1.54) is 23.5 Å². The largest absolute Gasteiger partial charge is 0.481 e. The number of thioether (sulfide) groups is 2. The highest BCUT2D eigenvalue weighted by Crippen LogP contribution is 2.43. The Morgan fingerprint density at radius 3 is 1.44 bits per heavy atom. The van der Waals surface area contributed by atoms with Crippen molar-refractivity contribution < 1.29 is 20.4 Å². The maximum absolute atomic E-state index is 8.91. The summed E-state index contributed by atoms with van der Waals surface area (Å²) < 4.78 is 0. The van der Waals surface area contributed by atoms with E-state index in [-0.39, 0.29) is 0 Å². The van der Waals surface area contributed by atoms with Gasteiger partial charge in [-0.05, 0) is 12.2 Å². The molecule has 0 radical (unpaired) electrons. The molecule has 0 aromatic heterocycles. The van der Waals surface area contributed by atoms with Gasteiger partial charge in [0.1, 0.15) is 0 Å². The van der Waals surface area contributed by atoms with Gasteiger partial charge >= 0.3 is 0 Å². The summed E-state index contributed by atoms with van der Waals surface area (Å²) in [4.78, 5) is 1.86. The van der Waals surface area contributed by atoms with Gasteiger partial charge in [0.25, 0.3) is 11.9 Å². The first kappa shape index (κ1) is 11.3. The molecule has 6 heteroatoms. The van der Waals surface area contributed by atoms with E-state index in [0.29, 0.717) is 22.7 Å². The Labute approximate surface area is 101 Å². The molecule has 2 aliphatic heterocycles. The first-order chi connectivity index (χ1) is 7.58. The number of aliphatic hydroxyl groups is 4. The molecule has 0 bridgehead atoms. The van der Waals surface area contributed by atoms with Crippen molar-refractivity contribution in [3.63, 3.8) is 0 Å². The second-order valence-electron chi connectivity index (χ2n) is 3.29. The zero-order valence-electron chi connectivity index (χ0n) is 8.17. The third kappa shape index (κ3) is 2.17. The first-order valence-corrected chi connectivity index (χ1v) is 6.46. The molecule has 0 aromatic rings. The zero-order chi connectivity index (χ0) is 11.7. The number of aliphatic hydroxyl groups excluding tert-OH is 2. The Balaban J connectivity index is 2.24. The molecular formula is C10H10O4S2. The number of allylic oxidation sites excluding steroid dienone is 2. The van der Waals surface area contributed by atoms with Gasteiger partial charge in [-0.15, -0.1) is 23.5 Å². The third-order valence-electron chi connectivity index (χ3n) is 2.19. The van der Waals surface area contributed by atoms with Crippen molar-refractivity contribution in [3.8, 4) is 0 Å². The van der Waals surface area contributed by atoms with Gasteiger partial charge < -0.3 is 20.4 Å². The molecule has 4 N–H and O–H groups in total. The van der Waals surface area contributed by atoms with E-state index >= 15 is 0 Å². The molecule has 2 aliphatic rings. The number of hydrogen-bond donors (Lipinski definition) is 4. The molecule has 0 unspecified atom stereocenters. The van der Waals surface area contributed by atoms with Crippen LogP contribution in [0.3, 0.4) is 0 Å². The Kier molecular flexibility index (Phi) is 3.11. The molecule has 0 aromatic carbocycles. The summed E-state index contributed by atoms with van der Waals surface area (Å²) in [6, 6.07) is 0. The normalized spacial score (nSPS) is 19.8. The Morgan fingerprint density at radius 2 is 1.19 bits per heavy atom. The van der Waals surface area contributed by atoms with Gasteiger partial charge in [0.2, 0.25) is 0 Å². The molecule has 16 heavy (non-hydrogen) atoms. The van der Waals surface area contributed by atoms with Crippen LogP contribution < -0.4 is 0 Å². The molecular weight excluding hydrogens is 248 g/mol. The highest BCUT2D eigenvalue weighted by Gasteiger charge is 2.22. The van der Waals surface area contributed by atoms with Crippen LogP contribution >= 0.6 is 23.5 Å². The monoisotopic (exact) mass is 258 g/mol. The molecule has 0 saturated carbocycles. The summed E-state index contributed by atoms with van der Waals surface area (Å²) in [5, 5.41) is 35.7. The lowest BCUT2D eigenvalue weighted by atomic mass is 10.2. The molecule has 2 heterocycles. The van der Waals surface area contributed by atoms with E-state index in [1.54, 1.807) is 12.2 Å². The van der Waals surface area contributed by atoms with Gasteiger partial charge in [-0.3, -0.25) is 0 Å². The van der Waals surface area contributed by atoms with Gasteiger partial charge in [-0.2, -0.15) is 0 Å². The van der Waals surface area contributed by atoms with Crippen molar-refractivity contribution in [2.24, 2.45) is 0 Å². The molecule has 4 nitrogen and oxygen atoms in total.